The van der Waals surface area contributed by atoms with Gasteiger partial charge in [0.2, 0.25) is 10.0 Å². The van der Waals surface area contributed by atoms with Crippen LogP contribution in [-0.2, 0) is 17.1 Å². The molecule has 2 aromatic rings. The van der Waals surface area contributed by atoms with E-state index >= 15 is 0 Å². The van der Waals surface area contributed by atoms with E-state index in [1.54, 1.807) is 24.7 Å². The molecule has 19 heavy (non-hydrogen) atoms. The van der Waals surface area contributed by atoms with Crippen LogP contribution in [0.5, 0.6) is 0 Å². The number of nitrogens with zero attached hydrogens (tertiary/aromatic N) is 3. The monoisotopic (exact) mass is 280 g/mol. The fraction of sp³-hybridized carbons (Fsp3) is 0.250. The van der Waals surface area contributed by atoms with Crippen molar-refractivity contribution in [2.45, 2.75) is 0 Å². The highest BCUT2D eigenvalue weighted by atomic mass is 32.2. The van der Waals surface area contributed by atoms with Gasteiger partial charge in [-0.3, -0.25) is 4.31 Å². The number of sulfonamides is 1. The smallest absolute Gasteiger partial charge is 0.232 e. The third-order valence-corrected chi connectivity index (χ3v) is 4.17. The Labute approximate surface area is 112 Å². The van der Waals surface area contributed by atoms with Crippen molar-refractivity contribution < 1.29 is 8.42 Å². The van der Waals surface area contributed by atoms with E-state index < -0.39 is 10.0 Å². The second kappa shape index (κ2) is 4.58. The molecule has 0 radical (unpaired) electrons. The molecule has 2 rings (SSSR count). The van der Waals surface area contributed by atoms with Crippen molar-refractivity contribution in [2.75, 3.05) is 23.3 Å². The molecule has 0 aliphatic heterocycles. The van der Waals surface area contributed by atoms with E-state index in [0.717, 1.165) is 17.5 Å². The van der Waals surface area contributed by atoms with Crippen LogP contribution < -0.4 is 10.0 Å². The van der Waals surface area contributed by atoms with Crippen molar-refractivity contribution >= 4 is 21.4 Å². The summed E-state index contributed by atoms with van der Waals surface area (Å²) in [5, 5.41) is 0. The van der Waals surface area contributed by atoms with E-state index in [1.165, 1.54) is 11.4 Å². The maximum absolute atomic E-state index is 11.6. The molecule has 6 nitrogen and oxygen atoms in total. The molecule has 0 saturated carbocycles. The van der Waals surface area contributed by atoms with Crippen LogP contribution in [0, 0.1) is 0 Å². The third kappa shape index (κ3) is 2.55. The fourth-order valence-corrected chi connectivity index (χ4v) is 2.31. The van der Waals surface area contributed by atoms with E-state index in [4.69, 9.17) is 5.73 Å². The highest BCUT2D eigenvalue weighted by Crippen LogP contribution is 2.30. The highest BCUT2D eigenvalue weighted by molar-refractivity contribution is 7.92. The molecule has 0 aliphatic rings. The first kappa shape index (κ1) is 13.4. The SMILES string of the molecule is CN(c1cc(-c2cncn2C)ccc1N)S(C)(=O)=O. The average Bonchev–Trinajstić information content (AvgIpc) is 2.74. The van der Waals surface area contributed by atoms with Gasteiger partial charge in [-0.05, 0) is 12.1 Å². The summed E-state index contributed by atoms with van der Waals surface area (Å²) < 4.78 is 26.2. The highest BCUT2D eigenvalue weighted by Gasteiger charge is 2.16. The zero-order chi connectivity index (χ0) is 14.2. The zero-order valence-electron chi connectivity index (χ0n) is 11.0. The second-order valence-electron chi connectivity index (χ2n) is 4.39. The molecule has 7 heteroatoms. The van der Waals surface area contributed by atoms with Gasteiger partial charge in [0, 0.05) is 19.7 Å². The Morgan fingerprint density at radius 3 is 2.58 bits per heavy atom. The molecular formula is C12H16N4O2S. The number of rotatable bonds is 3. The fourth-order valence-electron chi connectivity index (χ4n) is 1.79. The minimum atomic E-state index is -3.34. The summed E-state index contributed by atoms with van der Waals surface area (Å²) in [5.74, 6) is 0. The number of hydrogen-bond acceptors (Lipinski definition) is 4. The predicted molar refractivity (Wildman–Crippen MR) is 76.3 cm³/mol. The molecule has 0 atom stereocenters. The van der Waals surface area contributed by atoms with Gasteiger partial charge in [-0.1, -0.05) is 6.07 Å². The van der Waals surface area contributed by atoms with Gasteiger partial charge in [-0.15, -0.1) is 0 Å². The lowest BCUT2D eigenvalue weighted by Gasteiger charge is -2.19. The van der Waals surface area contributed by atoms with Crippen molar-refractivity contribution in [1.29, 1.82) is 0 Å². The van der Waals surface area contributed by atoms with Gasteiger partial charge in [-0.25, -0.2) is 13.4 Å². The molecule has 1 aromatic heterocycles. The summed E-state index contributed by atoms with van der Waals surface area (Å²) in [6, 6.07) is 5.28. The summed E-state index contributed by atoms with van der Waals surface area (Å²) in [6.45, 7) is 0. The summed E-state index contributed by atoms with van der Waals surface area (Å²) in [7, 11) is 0.0107. The van der Waals surface area contributed by atoms with Crippen molar-refractivity contribution in [3.63, 3.8) is 0 Å². The number of aromatic nitrogens is 2. The Morgan fingerprint density at radius 1 is 1.37 bits per heavy atom. The molecule has 1 aromatic carbocycles. The first-order valence-corrected chi connectivity index (χ1v) is 7.45. The minimum absolute atomic E-state index is 0.416. The zero-order valence-corrected chi connectivity index (χ0v) is 11.8. The van der Waals surface area contributed by atoms with Crippen molar-refractivity contribution in [1.82, 2.24) is 9.55 Å². The number of benzene rings is 1. The largest absolute Gasteiger partial charge is 0.397 e. The quantitative estimate of drug-likeness (QED) is 0.853. The van der Waals surface area contributed by atoms with E-state index in [9.17, 15) is 8.42 Å². The summed E-state index contributed by atoms with van der Waals surface area (Å²) in [5.41, 5.74) is 8.48. The van der Waals surface area contributed by atoms with Crippen LogP contribution in [0.3, 0.4) is 0 Å². The topological polar surface area (TPSA) is 81.2 Å². The van der Waals surface area contributed by atoms with Gasteiger partial charge < -0.3 is 10.3 Å². The Balaban J connectivity index is 2.56. The van der Waals surface area contributed by atoms with Crippen molar-refractivity contribution in [3.05, 3.63) is 30.7 Å². The number of nitrogen functional groups attached to an aromatic ring is 1. The van der Waals surface area contributed by atoms with Crippen LogP contribution in [-0.4, -0.2) is 31.3 Å². The Morgan fingerprint density at radius 2 is 2.05 bits per heavy atom. The minimum Gasteiger partial charge on any atom is -0.397 e. The van der Waals surface area contributed by atoms with Gasteiger partial charge in [0.1, 0.15) is 0 Å². The second-order valence-corrected chi connectivity index (χ2v) is 6.41. The lowest BCUT2D eigenvalue weighted by Crippen LogP contribution is -2.25. The Hall–Kier alpha value is -2.02. The van der Waals surface area contributed by atoms with Gasteiger partial charge >= 0.3 is 0 Å². The van der Waals surface area contributed by atoms with Crippen LogP contribution >= 0.6 is 0 Å². The van der Waals surface area contributed by atoms with Crippen LogP contribution in [0.4, 0.5) is 11.4 Å². The molecule has 0 fully saturated rings. The van der Waals surface area contributed by atoms with Gasteiger partial charge in [0.05, 0.1) is 35.8 Å². The van der Waals surface area contributed by atoms with Crippen LogP contribution in [0.1, 0.15) is 0 Å². The summed E-state index contributed by atoms with van der Waals surface area (Å²) in [6.07, 6.45) is 4.55. The first-order valence-electron chi connectivity index (χ1n) is 5.61. The normalized spacial score (nSPS) is 11.5. The molecule has 2 N–H and O–H groups in total. The van der Waals surface area contributed by atoms with Gasteiger partial charge in [0.25, 0.3) is 0 Å². The molecule has 0 aliphatic carbocycles. The Kier molecular flexibility index (Phi) is 3.23. The third-order valence-electron chi connectivity index (χ3n) is 2.98. The average molecular weight is 280 g/mol. The maximum atomic E-state index is 11.6. The van der Waals surface area contributed by atoms with Crippen molar-refractivity contribution in [2.24, 2.45) is 7.05 Å². The van der Waals surface area contributed by atoms with E-state index in [-0.39, 0.29) is 0 Å². The lowest BCUT2D eigenvalue weighted by atomic mass is 10.1. The number of anilines is 2. The maximum Gasteiger partial charge on any atom is 0.232 e. The number of imidazole rings is 1. The lowest BCUT2D eigenvalue weighted by molar-refractivity contribution is 0.600. The number of nitrogens with two attached hydrogens (primary N) is 1. The van der Waals surface area contributed by atoms with Crippen LogP contribution in [0.15, 0.2) is 30.7 Å². The molecule has 0 amide bonds. The summed E-state index contributed by atoms with van der Waals surface area (Å²) in [4.78, 5) is 4.04. The number of aryl methyl sites for hydroxylation is 1. The van der Waals surface area contributed by atoms with E-state index in [1.807, 2.05) is 17.7 Å². The van der Waals surface area contributed by atoms with Gasteiger partial charge in [0.15, 0.2) is 0 Å². The van der Waals surface area contributed by atoms with E-state index in [2.05, 4.69) is 4.98 Å². The Bertz CT molecular complexity index is 706. The molecule has 0 unspecified atom stereocenters. The molecule has 0 saturated heterocycles. The molecule has 1 heterocycles. The molecule has 0 spiro atoms. The van der Waals surface area contributed by atoms with Crippen LogP contribution in [0.25, 0.3) is 11.3 Å². The molecule has 0 bridgehead atoms. The van der Waals surface area contributed by atoms with Gasteiger partial charge in [-0.2, -0.15) is 0 Å². The van der Waals surface area contributed by atoms with Crippen LogP contribution in [0.2, 0.25) is 0 Å². The molecular weight excluding hydrogens is 264 g/mol. The first-order chi connectivity index (χ1) is 8.80. The summed E-state index contributed by atoms with van der Waals surface area (Å²) >= 11 is 0. The number of hydrogen-bond donors (Lipinski definition) is 1. The molecule has 102 valence electrons. The standard InChI is InChI=1S/C12H16N4O2S/c1-15-8-14-7-12(15)9-4-5-10(13)11(6-9)16(2)19(3,17)18/h4-8H,13H2,1-3H3. The predicted octanol–water partition coefficient (Wildman–Crippen LogP) is 1.07. The van der Waals surface area contributed by atoms with E-state index in [0.29, 0.717) is 11.4 Å². The van der Waals surface area contributed by atoms with Crippen molar-refractivity contribution in [3.8, 4) is 11.3 Å².